The van der Waals surface area contributed by atoms with Gasteiger partial charge in [0.2, 0.25) is 5.91 Å². The van der Waals surface area contributed by atoms with E-state index in [4.69, 9.17) is 11.6 Å². The van der Waals surface area contributed by atoms with Crippen LogP contribution in [0.4, 0.5) is 29.5 Å². The van der Waals surface area contributed by atoms with E-state index in [9.17, 15) is 32.8 Å². The van der Waals surface area contributed by atoms with Gasteiger partial charge in [-0.25, -0.2) is 22.9 Å². The Balaban J connectivity index is 1.63. The summed E-state index contributed by atoms with van der Waals surface area (Å²) < 4.78 is 41.8. The fourth-order valence-electron chi connectivity index (χ4n) is 5.13. The summed E-state index contributed by atoms with van der Waals surface area (Å²) in [6.07, 6.45) is 0.177. The summed E-state index contributed by atoms with van der Waals surface area (Å²) in [5.74, 6) is -5.20. The monoisotopic (exact) mass is 596 g/mol. The third-order valence-corrected chi connectivity index (χ3v) is 7.51. The number of alkyl halides is 2. The molecule has 1 N–H and O–H groups in total. The Hall–Kier alpha value is -4.63. The molecular formula is C29H24ClF3N6O3. The van der Waals surface area contributed by atoms with Gasteiger partial charge in [-0.3, -0.25) is 19.4 Å². The van der Waals surface area contributed by atoms with Crippen molar-refractivity contribution in [3.63, 3.8) is 0 Å². The van der Waals surface area contributed by atoms with Crippen molar-refractivity contribution in [2.75, 3.05) is 23.4 Å². The first-order valence-corrected chi connectivity index (χ1v) is 13.3. The number of urea groups is 1. The highest BCUT2D eigenvalue weighted by Crippen LogP contribution is 2.39. The SMILES string of the molecule is CN1CC(C(=O)N(c2cccc(F)c2)C(C(=O)NC2CC(F)(F)C2)c2ccccc2Cl)N(c2cc(C#N)ccn2)C1=O. The van der Waals surface area contributed by atoms with Gasteiger partial charge in [0, 0.05) is 48.4 Å². The van der Waals surface area contributed by atoms with Crippen LogP contribution in [0.5, 0.6) is 0 Å². The predicted octanol–water partition coefficient (Wildman–Crippen LogP) is 4.67. The molecule has 1 saturated heterocycles. The molecular weight excluding hydrogens is 573 g/mol. The topological polar surface area (TPSA) is 110 Å². The third-order valence-electron chi connectivity index (χ3n) is 7.16. The summed E-state index contributed by atoms with van der Waals surface area (Å²) in [7, 11) is 1.47. The maximum absolute atomic E-state index is 14.6. The van der Waals surface area contributed by atoms with Crippen molar-refractivity contribution in [3.05, 3.63) is 88.8 Å². The van der Waals surface area contributed by atoms with Gasteiger partial charge >= 0.3 is 6.03 Å². The number of aromatic nitrogens is 1. The quantitative estimate of drug-likeness (QED) is 0.426. The highest BCUT2D eigenvalue weighted by atomic mass is 35.5. The van der Waals surface area contributed by atoms with E-state index >= 15 is 0 Å². The molecule has 0 spiro atoms. The lowest BCUT2D eigenvalue weighted by Crippen LogP contribution is -2.56. The van der Waals surface area contributed by atoms with Crippen LogP contribution in [0, 0.1) is 17.1 Å². The second-order valence-corrected chi connectivity index (χ2v) is 10.6. The van der Waals surface area contributed by atoms with E-state index in [0.29, 0.717) is 0 Å². The lowest BCUT2D eigenvalue weighted by atomic mass is 9.87. The molecule has 2 atom stereocenters. The molecule has 2 aliphatic rings. The number of likely N-dealkylation sites (N-methyl/N-ethyl adjacent to an activating group) is 1. The largest absolute Gasteiger partial charge is 0.351 e. The number of hydrogen-bond donors (Lipinski definition) is 1. The minimum atomic E-state index is -2.92. The molecule has 9 nitrogen and oxygen atoms in total. The second-order valence-electron chi connectivity index (χ2n) is 10.1. The predicted molar refractivity (Wildman–Crippen MR) is 147 cm³/mol. The summed E-state index contributed by atoms with van der Waals surface area (Å²) in [6, 6.07) is 11.7. The highest BCUT2D eigenvalue weighted by Gasteiger charge is 2.49. The third kappa shape index (κ3) is 5.60. The van der Waals surface area contributed by atoms with Gasteiger partial charge in [0.15, 0.2) is 0 Å². The normalized spacial score (nSPS) is 18.7. The number of carbonyl (C=O) groups is 3. The molecule has 2 fully saturated rings. The number of rotatable bonds is 7. The molecule has 4 amide bonds. The zero-order chi connectivity index (χ0) is 30.2. The number of benzene rings is 2. The zero-order valence-corrected chi connectivity index (χ0v) is 22.9. The van der Waals surface area contributed by atoms with Crippen LogP contribution < -0.4 is 15.1 Å². The van der Waals surface area contributed by atoms with E-state index in [1.807, 2.05) is 6.07 Å². The van der Waals surface area contributed by atoms with Gasteiger partial charge < -0.3 is 10.2 Å². The first-order valence-electron chi connectivity index (χ1n) is 12.9. The first-order chi connectivity index (χ1) is 20.0. The van der Waals surface area contributed by atoms with Crippen molar-refractivity contribution in [1.82, 2.24) is 15.2 Å². The van der Waals surface area contributed by atoms with Gasteiger partial charge in [-0.1, -0.05) is 35.9 Å². The van der Waals surface area contributed by atoms with Gasteiger partial charge in [0.25, 0.3) is 11.8 Å². The van der Waals surface area contributed by atoms with Crippen molar-refractivity contribution in [1.29, 1.82) is 5.26 Å². The van der Waals surface area contributed by atoms with Gasteiger partial charge in [-0.05, 0) is 36.4 Å². The molecule has 3 aromatic rings. The summed E-state index contributed by atoms with van der Waals surface area (Å²) in [6.45, 7) is -0.131. The van der Waals surface area contributed by atoms with Crippen LogP contribution in [-0.4, -0.2) is 59.3 Å². The number of nitrogens with zero attached hydrogens (tertiary/aromatic N) is 5. The number of amides is 4. The molecule has 1 aliphatic carbocycles. The maximum atomic E-state index is 14.6. The van der Waals surface area contributed by atoms with Gasteiger partial charge in [-0.2, -0.15) is 5.26 Å². The van der Waals surface area contributed by atoms with Crippen molar-refractivity contribution < 1.29 is 27.6 Å². The van der Waals surface area contributed by atoms with Crippen LogP contribution >= 0.6 is 11.6 Å². The molecule has 2 heterocycles. The minimum absolute atomic E-state index is 0.0244. The van der Waals surface area contributed by atoms with Gasteiger partial charge in [0.05, 0.1) is 18.2 Å². The Kier molecular flexibility index (Phi) is 7.79. The number of nitrogens with one attached hydrogen (secondary N) is 1. The standard InChI is InChI=1S/C29H24ClF3N6O3/c1-37-16-23(39(28(37)42)24-11-17(15-34)9-10-35-24)27(41)38(20-6-4-5-18(31)12-20)25(21-7-2-3-8-22(21)30)26(40)36-19-13-29(32,33)14-19/h2-12,19,23,25H,13-14,16H2,1H3,(H,36,40). The fraction of sp³-hybridized carbons (Fsp3) is 0.276. The number of hydrogen-bond acceptors (Lipinski definition) is 5. The lowest BCUT2D eigenvalue weighted by molar-refractivity contribution is -0.133. The summed E-state index contributed by atoms with van der Waals surface area (Å²) in [5, 5.41) is 12.1. The molecule has 0 bridgehead atoms. The lowest BCUT2D eigenvalue weighted by Gasteiger charge is -2.39. The second kappa shape index (κ2) is 11.3. The van der Waals surface area contributed by atoms with Crippen molar-refractivity contribution in [2.45, 2.75) is 36.9 Å². The van der Waals surface area contributed by atoms with Crippen molar-refractivity contribution >= 4 is 41.0 Å². The van der Waals surface area contributed by atoms with Crippen LogP contribution in [0.25, 0.3) is 0 Å². The number of nitriles is 1. The number of carbonyl (C=O) groups excluding carboxylic acids is 3. The maximum Gasteiger partial charge on any atom is 0.326 e. The Morgan fingerprint density at radius 1 is 1.17 bits per heavy atom. The highest BCUT2D eigenvalue weighted by molar-refractivity contribution is 6.31. The summed E-state index contributed by atoms with van der Waals surface area (Å²) >= 11 is 6.50. The van der Waals surface area contributed by atoms with Crippen LogP contribution in [0.3, 0.4) is 0 Å². The molecule has 1 aromatic heterocycles. The van der Waals surface area contributed by atoms with Crippen molar-refractivity contribution in [2.24, 2.45) is 0 Å². The van der Waals surface area contributed by atoms with Crippen LogP contribution in [0.2, 0.25) is 5.02 Å². The van der Waals surface area contributed by atoms with Crippen LogP contribution in [0.15, 0.2) is 66.9 Å². The Morgan fingerprint density at radius 3 is 2.57 bits per heavy atom. The first kappa shape index (κ1) is 28.9. The van der Waals surface area contributed by atoms with E-state index in [-0.39, 0.29) is 34.2 Å². The van der Waals surface area contributed by atoms with Crippen LogP contribution in [0.1, 0.15) is 30.0 Å². The summed E-state index contributed by atoms with van der Waals surface area (Å²) in [5.41, 5.74) is 0.329. The van der Waals surface area contributed by atoms with E-state index in [1.165, 1.54) is 54.5 Å². The molecule has 13 heteroatoms. The molecule has 2 unspecified atom stereocenters. The van der Waals surface area contributed by atoms with Gasteiger partial charge in [-0.15, -0.1) is 0 Å². The molecule has 42 heavy (non-hydrogen) atoms. The zero-order valence-electron chi connectivity index (χ0n) is 22.2. The Morgan fingerprint density at radius 2 is 1.90 bits per heavy atom. The average Bonchev–Trinajstić information content (AvgIpc) is 3.24. The number of pyridine rings is 1. The van der Waals surface area contributed by atoms with E-state index in [2.05, 4.69) is 10.3 Å². The number of halogens is 4. The smallest absolute Gasteiger partial charge is 0.326 e. The Labute approximate surface area is 244 Å². The van der Waals surface area contributed by atoms with E-state index in [0.717, 1.165) is 21.9 Å². The molecule has 5 rings (SSSR count). The minimum Gasteiger partial charge on any atom is -0.351 e. The average molecular weight is 597 g/mol. The van der Waals surface area contributed by atoms with Crippen LogP contribution in [-0.2, 0) is 9.59 Å². The Bertz CT molecular complexity index is 1590. The summed E-state index contributed by atoms with van der Waals surface area (Å²) in [4.78, 5) is 49.2. The van der Waals surface area contributed by atoms with Gasteiger partial charge in [0.1, 0.15) is 23.7 Å². The molecule has 2 aromatic carbocycles. The molecule has 216 valence electrons. The fourth-order valence-corrected chi connectivity index (χ4v) is 5.37. The molecule has 1 saturated carbocycles. The van der Waals surface area contributed by atoms with E-state index < -0.39 is 60.6 Å². The van der Waals surface area contributed by atoms with Crippen molar-refractivity contribution in [3.8, 4) is 6.07 Å². The molecule has 1 aliphatic heterocycles. The number of anilines is 2. The molecule has 0 radical (unpaired) electrons. The van der Waals surface area contributed by atoms with E-state index in [1.54, 1.807) is 12.1 Å².